The van der Waals surface area contributed by atoms with Crippen molar-refractivity contribution in [2.24, 2.45) is 0 Å². The van der Waals surface area contributed by atoms with Crippen LogP contribution in [0.5, 0.6) is 0 Å². The lowest BCUT2D eigenvalue weighted by Crippen LogP contribution is -2.18. The van der Waals surface area contributed by atoms with Gasteiger partial charge in [0, 0.05) is 6.20 Å². The minimum absolute atomic E-state index is 0.116. The molecular weight excluding hydrogens is 225 g/mol. The molecular formula is C9H11F3N2O2. The number of aryl methyl sites for hydroxylation is 1. The number of carbonyl (C=O) groups excluding carboxylic acids is 1. The van der Waals surface area contributed by atoms with Crippen molar-refractivity contribution < 1.29 is 22.7 Å². The predicted octanol–water partition coefficient (Wildman–Crippen LogP) is 1.94. The fourth-order valence-electron chi connectivity index (χ4n) is 1.30. The number of methoxy groups -OCH3 is 1. The molecule has 1 atom stereocenters. The lowest BCUT2D eigenvalue weighted by atomic mass is 10.3. The zero-order valence-electron chi connectivity index (χ0n) is 9.00. The molecule has 0 aliphatic rings. The maximum atomic E-state index is 12.3. The monoisotopic (exact) mass is 236 g/mol. The van der Waals surface area contributed by atoms with Crippen molar-refractivity contribution in [2.75, 3.05) is 7.11 Å². The summed E-state index contributed by atoms with van der Waals surface area (Å²) in [6, 6.07) is -0.825. The molecule has 4 nitrogen and oxygen atoms in total. The van der Waals surface area contributed by atoms with Crippen molar-refractivity contribution >= 4 is 5.97 Å². The van der Waals surface area contributed by atoms with E-state index >= 15 is 0 Å². The van der Waals surface area contributed by atoms with Gasteiger partial charge in [0.2, 0.25) is 0 Å². The van der Waals surface area contributed by atoms with Crippen molar-refractivity contribution in [2.45, 2.75) is 26.1 Å². The van der Waals surface area contributed by atoms with Gasteiger partial charge < -0.3 is 9.30 Å². The highest BCUT2D eigenvalue weighted by molar-refractivity contribution is 5.73. The predicted molar refractivity (Wildman–Crippen MR) is 48.7 cm³/mol. The Hall–Kier alpha value is -1.53. The molecule has 0 fully saturated rings. The van der Waals surface area contributed by atoms with E-state index in [-0.39, 0.29) is 5.82 Å². The third kappa shape index (κ3) is 2.34. The number of rotatable bonds is 2. The number of halogens is 3. The van der Waals surface area contributed by atoms with Crippen LogP contribution in [0.15, 0.2) is 6.20 Å². The first-order valence-corrected chi connectivity index (χ1v) is 4.48. The summed E-state index contributed by atoms with van der Waals surface area (Å²) in [7, 11) is 1.18. The van der Waals surface area contributed by atoms with E-state index in [1.165, 1.54) is 21.0 Å². The highest BCUT2D eigenvalue weighted by atomic mass is 19.4. The van der Waals surface area contributed by atoms with Gasteiger partial charge in [0.05, 0.1) is 7.11 Å². The molecule has 16 heavy (non-hydrogen) atoms. The molecule has 1 rings (SSSR count). The minimum Gasteiger partial charge on any atom is -0.467 e. The van der Waals surface area contributed by atoms with Gasteiger partial charge in [-0.15, -0.1) is 0 Å². The van der Waals surface area contributed by atoms with Crippen LogP contribution in [-0.2, 0) is 15.7 Å². The number of imidazole rings is 1. The topological polar surface area (TPSA) is 44.1 Å². The van der Waals surface area contributed by atoms with Gasteiger partial charge >= 0.3 is 12.1 Å². The largest absolute Gasteiger partial charge is 0.467 e. The summed E-state index contributed by atoms with van der Waals surface area (Å²) in [5.41, 5.74) is -1.01. The van der Waals surface area contributed by atoms with Crippen LogP contribution >= 0.6 is 0 Å². The van der Waals surface area contributed by atoms with E-state index in [9.17, 15) is 18.0 Å². The first-order valence-electron chi connectivity index (χ1n) is 4.48. The number of ether oxygens (including phenoxy) is 1. The molecule has 0 radical (unpaired) electrons. The molecule has 0 aliphatic heterocycles. The summed E-state index contributed by atoms with van der Waals surface area (Å²) in [4.78, 5) is 14.5. The number of hydrogen-bond acceptors (Lipinski definition) is 3. The maximum Gasteiger partial charge on any atom is 0.434 e. The lowest BCUT2D eigenvalue weighted by molar-refractivity contribution is -0.145. The maximum absolute atomic E-state index is 12.3. The molecule has 1 unspecified atom stereocenters. The van der Waals surface area contributed by atoms with Gasteiger partial charge in [-0.25, -0.2) is 9.78 Å². The van der Waals surface area contributed by atoms with E-state index in [2.05, 4.69) is 9.72 Å². The van der Waals surface area contributed by atoms with Crippen molar-refractivity contribution in [3.63, 3.8) is 0 Å². The fraction of sp³-hybridized carbons (Fsp3) is 0.556. The Morgan fingerprint density at radius 1 is 1.56 bits per heavy atom. The van der Waals surface area contributed by atoms with Crippen LogP contribution < -0.4 is 0 Å². The molecule has 0 aromatic carbocycles. The lowest BCUT2D eigenvalue weighted by Gasteiger charge is -2.11. The van der Waals surface area contributed by atoms with Crippen LogP contribution in [0.2, 0.25) is 0 Å². The number of aromatic nitrogens is 2. The van der Waals surface area contributed by atoms with Crippen molar-refractivity contribution in [1.29, 1.82) is 0 Å². The summed E-state index contributed by atoms with van der Waals surface area (Å²) in [6.45, 7) is 2.84. The standard InChI is InChI=1S/C9H11F3N2O2/c1-5(8(15)16-3)14-4-7(9(10,11)12)13-6(14)2/h4-5H,1-3H3. The Morgan fingerprint density at radius 3 is 2.50 bits per heavy atom. The summed E-state index contributed by atoms with van der Waals surface area (Å²) in [6.07, 6.45) is -3.71. The van der Waals surface area contributed by atoms with E-state index in [1.54, 1.807) is 0 Å². The SMILES string of the molecule is COC(=O)C(C)n1cc(C(F)(F)F)nc1C. The number of nitrogens with zero attached hydrogens (tertiary/aromatic N) is 2. The minimum atomic E-state index is -4.51. The fourth-order valence-corrected chi connectivity index (χ4v) is 1.30. The Bertz CT molecular complexity index is 398. The van der Waals surface area contributed by atoms with Crippen molar-refractivity contribution in [3.8, 4) is 0 Å². The summed E-state index contributed by atoms with van der Waals surface area (Å²) < 4.78 is 42.6. The molecule has 0 saturated heterocycles. The average molecular weight is 236 g/mol. The third-order valence-corrected chi connectivity index (χ3v) is 2.17. The van der Waals surface area contributed by atoms with Gasteiger partial charge in [-0.05, 0) is 13.8 Å². The Morgan fingerprint density at radius 2 is 2.12 bits per heavy atom. The van der Waals surface area contributed by atoms with Gasteiger partial charge in [-0.3, -0.25) is 0 Å². The quantitative estimate of drug-likeness (QED) is 0.737. The molecule has 1 heterocycles. The van der Waals surface area contributed by atoms with Crippen LogP contribution in [-0.4, -0.2) is 22.6 Å². The number of carbonyl (C=O) groups is 1. The molecule has 0 spiro atoms. The molecule has 0 saturated carbocycles. The van der Waals surface area contributed by atoms with Crippen LogP contribution in [0.1, 0.15) is 24.5 Å². The van der Waals surface area contributed by atoms with E-state index in [4.69, 9.17) is 0 Å². The second-order valence-electron chi connectivity index (χ2n) is 3.28. The average Bonchev–Trinajstić information content (AvgIpc) is 2.57. The van der Waals surface area contributed by atoms with E-state index in [0.29, 0.717) is 0 Å². The molecule has 0 N–H and O–H groups in total. The molecule has 0 bridgehead atoms. The zero-order valence-corrected chi connectivity index (χ0v) is 9.00. The smallest absolute Gasteiger partial charge is 0.434 e. The summed E-state index contributed by atoms with van der Waals surface area (Å²) in [5.74, 6) is -0.501. The first-order chi connectivity index (χ1) is 7.27. The van der Waals surface area contributed by atoms with Gasteiger partial charge in [0.15, 0.2) is 5.69 Å². The number of hydrogen-bond donors (Lipinski definition) is 0. The van der Waals surface area contributed by atoms with Crippen LogP contribution in [0.3, 0.4) is 0 Å². The number of esters is 1. The van der Waals surface area contributed by atoms with Crippen molar-refractivity contribution in [3.05, 3.63) is 17.7 Å². The third-order valence-electron chi connectivity index (χ3n) is 2.17. The van der Waals surface area contributed by atoms with E-state index < -0.39 is 23.9 Å². The van der Waals surface area contributed by atoms with E-state index in [0.717, 1.165) is 10.8 Å². The first kappa shape index (κ1) is 12.5. The van der Waals surface area contributed by atoms with Crippen LogP contribution in [0, 0.1) is 6.92 Å². The Labute approximate surface area is 90.0 Å². The molecule has 90 valence electrons. The van der Waals surface area contributed by atoms with Gasteiger partial charge in [-0.1, -0.05) is 0 Å². The zero-order chi connectivity index (χ0) is 12.5. The molecule has 7 heteroatoms. The highest BCUT2D eigenvalue weighted by Crippen LogP contribution is 2.29. The Kier molecular flexibility index (Phi) is 3.25. The summed E-state index contributed by atoms with van der Waals surface area (Å²) >= 11 is 0. The Balaban J connectivity index is 3.07. The van der Waals surface area contributed by atoms with Gasteiger partial charge in [0.25, 0.3) is 0 Å². The highest BCUT2D eigenvalue weighted by Gasteiger charge is 2.35. The summed E-state index contributed by atoms with van der Waals surface area (Å²) in [5, 5.41) is 0. The normalized spacial score (nSPS) is 13.6. The molecule has 1 aromatic rings. The molecule has 0 aliphatic carbocycles. The van der Waals surface area contributed by atoms with Gasteiger partial charge in [-0.2, -0.15) is 13.2 Å². The molecule has 1 aromatic heterocycles. The van der Waals surface area contributed by atoms with Gasteiger partial charge in [0.1, 0.15) is 11.9 Å². The van der Waals surface area contributed by atoms with Crippen molar-refractivity contribution in [1.82, 2.24) is 9.55 Å². The second kappa shape index (κ2) is 4.15. The number of alkyl halides is 3. The van der Waals surface area contributed by atoms with E-state index in [1.807, 2.05) is 0 Å². The second-order valence-corrected chi connectivity index (χ2v) is 3.28. The van der Waals surface area contributed by atoms with Crippen LogP contribution in [0.4, 0.5) is 13.2 Å². The molecule has 0 amide bonds. The van der Waals surface area contributed by atoms with Crippen LogP contribution in [0.25, 0.3) is 0 Å².